The van der Waals surface area contributed by atoms with Crippen LogP contribution in [0.25, 0.3) is 11.1 Å². The second-order valence-corrected chi connectivity index (χ2v) is 23.7. The summed E-state index contributed by atoms with van der Waals surface area (Å²) in [5, 5.41) is 0. The number of anilines is 3. The molecule has 2 heteroatoms. The molecule has 7 aliphatic rings. The van der Waals surface area contributed by atoms with Crippen molar-refractivity contribution in [1.29, 1.82) is 0 Å². The topological polar surface area (TPSA) is 3.24 Å². The van der Waals surface area contributed by atoms with E-state index in [0.29, 0.717) is 5.41 Å². The molecule has 2 spiro atoms. The van der Waals surface area contributed by atoms with Crippen molar-refractivity contribution < 1.29 is 0 Å². The van der Waals surface area contributed by atoms with Gasteiger partial charge in [-0.1, -0.05) is 146 Å². The molecule has 0 aromatic heterocycles. The fourth-order valence-electron chi connectivity index (χ4n) is 15.4. The van der Waals surface area contributed by atoms with E-state index >= 15 is 0 Å². The molecule has 12 rings (SSSR count). The van der Waals surface area contributed by atoms with Crippen LogP contribution < -0.4 is 4.90 Å². The van der Waals surface area contributed by atoms with Crippen LogP contribution in [0.5, 0.6) is 0 Å². The van der Waals surface area contributed by atoms with Gasteiger partial charge >= 0.3 is 0 Å². The number of fused-ring (bicyclic) bond motifs is 9. The normalized spacial score (nSPS) is 31.5. The van der Waals surface area contributed by atoms with E-state index in [1.54, 1.807) is 11.1 Å². The number of hydrogen-bond acceptors (Lipinski definition) is 2. The van der Waals surface area contributed by atoms with Gasteiger partial charge in [0.1, 0.15) is 0 Å². The third-order valence-corrected chi connectivity index (χ3v) is 19.3. The Morgan fingerprint density at radius 3 is 1.71 bits per heavy atom. The van der Waals surface area contributed by atoms with E-state index in [-0.39, 0.29) is 27.1 Å². The zero-order valence-electron chi connectivity index (χ0n) is 36.1. The molecule has 6 aliphatic carbocycles. The van der Waals surface area contributed by atoms with Gasteiger partial charge in [0, 0.05) is 20.8 Å². The Balaban J connectivity index is 1.19. The molecule has 6 unspecified atom stereocenters. The molecule has 58 heavy (non-hydrogen) atoms. The highest BCUT2D eigenvalue weighted by atomic mass is 32.2. The van der Waals surface area contributed by atoms with Crippen LogP contribution in [-0.4, -0.2) is 0 Å². The second-order valence-electron chi connectivity index (χ2n) is 22.6. The van der Waals surface area contributed by atoms with E-state index in [0.717, 1.165) is 23.7 Å². The fraction of sp³-hybridized carbons (Fsp3) is 0.464. The van der Waals surface area contributed by atoms with Gasteiger partial charge in [0.2, 0.25) is 0 Å². The molecule has 1 heterocycles. The molecule has 1 aliphatic heterocycles. The number of benzene rings is 5. The van der Waals surface area contributed by atoms with Gasteiger partial charge in [0.25, 0.3) is 0 Å². The maximum absolute atomic E-state index is 2.81. The monoisotopic (exact) mass is 779 g/mol. The molecule has 2 bridgehead atoms. The summed E-state index contributed by atoms with van der Waals surface area (Å²) in [6.07, 6.45) is 10.6. The van der Waals surface area contributed by atoms with Gasteiger partial charge in [-0.05, 0) is 165 Å². The van der Waals surface area contributed by atoms with Crippen LogP contribution in [0.1, 0.15) is 140 Å². The van der Waals surface area contributed by atoms with Crippen LogP contribution in [0, 0.1) is 29.1 Å². The Morgan fingerprint density at radius 1 is 0.500 bits per heavy atom. The molecule has 296 valence electrons. The Hall–Kier alpha value is -3.75. The number of rotatable bonds is 4. The predicted octanol–water partition coefficient (Wildman–Crippen LogP) is 15.3. The lowest BCUT2D eigenvalue weighted by Crippen LogP contribution is -2.74. The van der Waals surface area contributed by atoms with Gasteiger partial charge in [-0.25, -0.2) is 0 Å². The first-order valence-corrected chi connectivity index (χ1v) is 23.6. The van der Waals surface area contributed by atoms with Gasteiger partial charge in [-0.2, -0.15) is 0 Å². The minimum atomic E-state index is 0.0327. The van der Waals surface area contributed by atoms with Crippen molar-refractivity contribution in [3.63, 3.8) is 0 Å². The number of hydrogen-bond donors (Lipinski definition) is 0. The van der Waals surface area contributed by atoms with Crippen molar-refractivity contribution >= 4 is 28.8 Å². The first-order chi connectivity index (χ1) is 27.7. The van der Waals surface area contributed by atoms with E-state index in [1.807, 2.05) is 0 Å². The van der Waals surface area contributed by atoms with Crippen LogP contribution in [0.3, 0.4) is 0 Å². The van der Waals surface area contributed by atoms with Crippen molar-refractivity contribution in [3.8, 4) is 11.1 Å². The van der Waals surface area contributed by atoms with E-state index in [2.05, 4.69) is 175 Å². The van der Waals surface area contributed by atoms with Crippen molar-refractivity contribution in [2.45, 2.75) is 144 Å². The van der Waals surface area contributed by atoms with Crippen LogP contribution in [0.4, 0.5) is 17.1 Å². The molecule has 0 saturated heterocycles. The standard InChI is InChI=1S/C56H61NS/c1-51(2)26-28-53(5,6)48-38(51)19-14-21-42(48)57(43-22-15-20-39-49(43)54(7,8)29-27-52(39,3)4)41-25-24-40-50(47(41)35-16-10-9-11-17-35)58-44-23-13-12-18-37(44)56(40)45-31-34-30-36-32-46(56)55(36,45)33-34/h9-25,34,36,45-46H,26-33H2,1-8H3. The van der Waals surface area contributed by atoms with Crippen LogP contribution in [0.2, 0.25) is 0 Å². The van der Waals surface area contributed by atoms with Gasteiger partial charge < -0.3 is 4.90 Å². The van der Waals surface area contributed by atoms with E-state index in [4.69, 9.17) is 0 Å². The highest BCUT2D eigenvalue weighted by Gasteiger charge is 2.84. The molecule has 4 fully saturated rings. The summed E-state index contributed by atoms with van der Waals surface area (Å²) >= 11 is 2.08. The zero-order valence-corrected chi connectivity index (χ0v) is 37.0. The highest BCUT2D eigenvalue weighted by Crippen LogP contribution is 2.89. The van der Waals surface area contributed by atoms with Gasteiger partial charge in [0.05, 0.1) is 17.1 Å². The third-order valence-electron chi connectivity index (χ3n) is 18.1. The Morgan fingerprint density at radius 2 is 1.07 bits per heavy atom. The predicted molar refractivity (Wildman–Crippen MR) is 243 cm³/mol. The van der Waals surface area contributed by atoms with Gasteiger partial charge in [-0.3, -0.25) is 0 Å². The molecule has 5 aromatic carbocycles. The van der Waals surface area contributed by atoms with Crippen molar-refractivity contribution in [3.05, 3.63) is 137 Å². The van der Waals surface area contributed by atoms with Crippen molar-refractivity contribution in [2.75, 3.05) is 4.90 Å². The third kappa shape index (κ3) is 4.37. The summed E-state index contributed by atoms with van der Waals surface area (Å²) in [5.74, 6) is 3.43. The van der Waals surface area contributed by atoms with E-state index in [9.17, 15) is 0 Å². The maximum atomic E-state index is 2.81. The Bertz CT molecular complexity index is 2480. The number of nitrogens with zero attached hydrogens (tertiary/aromatic N) is 1. The molecule has 1 nitrogen and oxygen atoms in total. The summed E-state index contributed by atoms with van der Waals surface area (Å²) in [5.41, 5.74) is 17.2. The van der Waals surface area contributed by atoms with Gasteiger partial charge in [-0.15, -0.1) is 0 Å². The smallest absolute Gasteiger partial charge is 0.0551 e. The van der Waals surface area contributed by atoms with Crippen molar-refractivity contribution in [1.82, 2.24) is 0 Å². The first kappa shape index (κ1) is 36.1. The largest absolute Gasteiger partial charge is 0.309 e. The molecule has 0 amide bonds. The fourth-order valence-corrected chi connectivity index (χ4v) is 16.8. The van der Waals surface area contributed by atoms with Crippen LogP contribution in [0.15, 0.2) is 113 Å². The second kappa shape index (κ2) is 11.5. The van der Waals surface area contributed by atoms with Crippen molar-refractivity contribution in [2.24, 2.45) is 29.1 Å². The Labute approximate surface area is 352 Å². The summed E-state index contributed by atoms with van der Waals surface area (Å²) in [6.45, 7) is 20.0. The lowest BCUT2D eigenvalue weighted by atomic mass is 9.26. The average Bonchev–Trinajstić information content (AvgIpc) is 3.74. The molecule has 0 radical (unpaired) electrons. The molecule has 6 atom stereocenters. The lowest BCUT2D eigenvalue weighted by Gasteiger charge is -2.78. The molecular formula is C56H61NS. The lowest BCUT2D eigenvalue weighted by molar-refractivity contribution is -0.235. The molecule has 4 saturated carbocycles. The minimum Gasteiger partial charge on any atom is -0.309 e. The minimum absolute atomic E-state index is 0.0327. The SMILES string of the molecule is CC1(C)CCC(C)(C)c2c(N(c3ccc4c(c3-c3ccccc3)Sc3ccccc3C43C4CC5CC6CC3C64C5)c3cccc4c3C(C)(C)CCC4(C)C)cccc21. The summed E-state index contributed by atoms with van der Waals surface area (Å²) in [7, 11) is 0. The maximum Gasteiger partial charge on any atom is 0.0551 e. The molecule has 5 aromatic rings. The summed E-state index contributed by atoms with van der Waals surface area (Å²) in [6, 6.07) is 41.2. The Kier molecular flexibility index (Phi) is 7.19. The first-order valence-electron chi connectivity index (χ1n) is 22.8. The zero-order chi connectivity index (χ0) is 39.8. The summed E-state index contributed by atoms with van der Waals surface area (Å²) < 4.78 is 0. The highest BCUT2D eigenvalue weighted by molar-refractivity contribution is 7.99. The van der Waals surface area contributed by atoms with Gasteiger partial charge in [0.15, 0.2) is 0 Å². The van der Waals surface area contributed by atoms with E-state index in [1.165, 1.54) is 112 Å². The van der Waals surface area contributed by atoms with Crippen LogP contribution in [-0.2, 0) is 27.1 Å². The quantitative estimate of drug-likeness (QED) is 0.179. The van der Waals surface area contributed by atoms with E-state index < -0.39 is 0 Å². The average molecular weight is 780 g/mol. The van der Waals surface area contributed by atoms with Crippen LogP contribution >= 0.6 is 11.8 Å². The molecule has 0 N–H and O–H groups in total. The molecular weight excluding hydrogens is 719 g/mol. The summed E-state index contributed by atoms with van der Waals surface area (Å²) in [4.78, 5) is 5.82.